The lowest BCUT2D eigenvalue weighted by Crippen LogP contribution is -2.29. The summed E-state index contributed by atoms with van der Waals surface area (Å²) in [5.74, 6) is 0. The molecule has 0 radical (unpaired) electrons. The van der Waals surface area contributed by atoms with Crippen molar-refractivity contribution in [3.05, 3.63) is 54.2 Å². The van der Waals surface area contributed by atoms with Crippen LogP contribution in [0.1, 0.15) is 40.2 Å². The first-order valence-electron chi connectivity index (χ1n) is 10.5. The molecule has 1 heterocycles. The van der Waals surface area contributed by atoms with Crippen LogP contribution < -0.4 is 15.8 Å². The van der Waals surface area contributed by atoms with Crippen LogP contribution in [0.25, 0.3) is 21.0 Å². The smallest absolute Gasteiger partial charge is 0.411 e. The lowest BCUT2D eigenvalue weighted by molar-refractivity contribution is 0.130. The SMILES string of the molecule is CC(C)OC(=O)Nc1ccc(-c2ncc(-c3ccc(CN)cc3SNC(C)(C)C)s2)cc1. The standard InChI is InChI=1S/C24H30N4O2S2/c1-15(2)30-23(29)27-18-9-7-17(8-10-18)22-26-14-21(31-22)19-11-6-16(13-25)12-20(19)32-28-24(3,4)5/h6-12,14-15,28H,13,25H2,1-5H3,(H,27,29). The van der Waals surface area contributed by atoms with Gasteiger partial charge >= 0.3 is 6.09 Å². The molecule has 0 spiro atoms. The molecule has 0 saturated heterocycles. The number of hydrogen-bond donors (Lipinski definition) is 3. The lowest BCUT2D eigenvalue weighted by Gasteiger charge is -2.20. The fraction of sp³-hybridized carbons (Fsp3) is 0.333. The van der Waals surface area contributed by atoms with Gasteiger partial charge in [-0.25, -0.2) is 9.78 Å². The monoisotopic (exact) mass is 470 g/mol. The van der Waals surface area contributed by atoms with Crippen molar-refractivity contribution >= 4 is 35.1 Å². The molecular weight excluding hydrogens is 440 g/mol. The molecule has 4 N–H and O–H groups in total. The maximum Gasteiger partial charge on any atom is 0.411 e. The van der Waals surface area contributed by atoms with Crippen LogP contribution in [0.2, 0.25) is 0 Å². The molecule has 0 aliphatic rings. The highest BCUT2D eigenvalue weighted by Crippen LogP contribution is 2.38. The number of nitrogens with two attached hydrogens (primary N) is 1. The average Bonchev–Trinajstić information content (AvgIpc) is 3.21. The predicted molar refractivity (Wildman–Crippen MR) is 135 cm³/mol. The van der Waals surface area contributed by atoms with Gasteiger partial charge < -0.3 is 10.5 Å². The van der Waals surface area contributed by atoms with Crippen LogP contribution in [0, 0.1) is 0 Å². The van der Waals surface area contributed by atoms with E-state index < -0.39 is 6.09 Å². The fourth-order valence-corrected chi connectivity index (χ4v) is 4.72. The summed E-state index contributed by atoms with van der Waals surface area (Å²) in [6.07, 6.45) is 1.28. The summed E-state index contributed by atoms with van der Waals surface area (Å²) in [7, 11) is 0. The highest BCUT2D eigenvalue weighted by atomic mass is 32.2. The first kappa shape index (κ1) is 24.3. The molecule has 1 amide bonds. The van der Waals surface area contributed by atoms with Crippen molar-refractivity contribution in [2.24, 2.45) is 5.73 Å². The molecule has 0 saturated carbocycles. The van der Waals surface area contributed by atoms with Gasteiger partial charge in [-0.1, -0.05) is 12.1 Å². The molecular formula is C24H30N4O2S2. The zero-order chi connectivity index (χ0) is 23.3. The second kappa shape index (κ2) is 10.5. The van der Waals surface area contributed by atoms with E-state index in [1.54, 1.807) is 23.3 Å². The van der Waals surface area contributed by atoms with Gasteiger partial charge in [-0.2, -0.15) is 0 Å². The van der Waals surface area contributed by atoms with E-state index >= 15 is 0 Å². The zero-order valence-corrected chi connectivity index (χ0v) is 20.7. The van der Waals surface area contributed by atoms with Gasteiger partial charge in [0.1, 0.15) is 5.01 Å². The quantitative estimate of drug-likeness (QED) is 0.352. The first-order valence-corrected chi connectivity index (χ1v) is 12.1. The van der Waals surface area contributed by atoms with Crippen LogP contribution in [0.5, 0.6) is 0 Å². The van der Waals surface area contributed by atoms with Gasteiger partial charge in [-0.05, 0) is 82.5 Å². The summed E-state index contributed by atoms with van der Waals surface area (Å²) in [6.45, 7) is 10.5. The number of nitrogens with one attached hydrogen (secondary N) is 2. The Kier molecular flexibility index (Phi) is 7.95. The Morgan fingerprint density at radius 1 is 1.19 bits per heavy atom. The van der Waals surface area contributed by atoms with Crippen LogP contribution >= 0.6 is 23.3 Å². The van der Waals surface area contributed by atoms with Crippen LogP contribution in [0.4, 0.5) is 10.5 Å². The van der Waals surface area contributed by atoms with Gasteiger partial charge in [0.25, 0.3) is 0 Å². The predicted octanol–water partition coefficient (Wildman–Crippen LogP) is 6.29. The molecule has 2 aromatic carbocycles. The highest BCUT2D eigenvalue weighted by Gasteiger charge is 2.15. The van der Waals surface area contributed by atoms with E-state index in [1.807, 2.05) is 44.3 Å². The van der Waals surface area contributed by atoms with Gasteiger partial charge in [0, 0.05) is 40.0 Å². The minimum atomic E-state index is -0.459. The number of anilines is 1. The fourth-order valence-electron chi connectivity index (χ4n) is 2.78. The van der Waals surface area contributed by atoms with Gasteiger partial charge in [-0.15, -0.1) is 11.3 Å². The van der Waals surface area contributed by atoms with E-state index in [4.69, 9.17) is 10.5 Å². The van der Waals surface area contributed by atoms with E-state index in [9.17, 15) is 4.79 Å². The van der Waals surface area contributed by atoms with Crippen molar-refractivity contribution in [2.45, 2.75) is 57.7 Å². The van der Waals surface area contributed by atoms with Crippen molar-refractivity contribution in [2.75, 3.05) is 5.32 Å². The minimum absolute atomic E-state index is 0.0170. The van der Waals surface area contributed by atoms with Crippen LogP contribution in [0.15, 0.2) is 53.6 Å². The number of aromatic nitrogens is 1. The Balaban J connectivity index is 1.80. The average molecular weight is 471 g/mol. The van der Waals surface area contributed by atoms with Gasteiger partial charge in [0.2, 0.25) is 0 Å². The van der Waals surface area contributed by atoms with Crippen molar-refractivity contribution < 1.29 is 9.53 Å². The lowest BCUT2D eigenvalue weighted by atomic mass is 10.1. The van der Waals surface area contributed by atoms with E-state index in [0.29, 0.717) is 12.2 Å². The third-order valence-corrected chi connectivity index (χ3v) is 6.59. The highest BCUT2D eigenvalue weighted by molar-refractivity contribution is 7.97. The van der Waals surface area contributed by atoms with Gasteiger partial charge in [-0.3, -0.25) is 10.0 Å². The number of ether oxygens (including phenoxy) is 1. The van der Waals surface area contributed by atoms with Crippen LogP contribution in [-0.2, 0) is 11.3 Å². The summed E-state index contributed by atoms with van der Waals surface area (Å²) in [6, 6.07) is 13.9. The summed E-state index contributed by atoms with van der Waals surface area (Å²) >= 11 is 3.25. The number of hydrogen-bond acceptors (Lipinski definition) is 7. The molecule has 170 valence electrons. The Morgan fingerprint density at radius 3 is 2.53 bits per heavy atom. The van der Waals surface area contributed by atoms with Crippen LogP contribution in [-0.4, -0.2) is 22.7 Å². The number of rotatable bonds is 7. The number of nitrogens with zero attached hydrogens (tertiary/aromatic N) is 1. The van der Waals surface area contributed by atoms with Crippen molar-refractivity contribution in [1.29, 1.82) is 0 Å². The molecule has 32 heavy (non-hydrogen) atoms. The topological polar surface area (TPSA) is 89.3 Å². The summed E-state index contributed by atoms with van der Waals surface area (Å²) in [4.78, 5) is 18.6. The maximum absolute atomic E-state index is 11.8. The number of benzene rings is 2. The Hall–Kier alpha value is -2.39. The summed E-state index contributed by atoms with van der Waals surface area (Å²) in [5.41, 5.74) is 9.74. The molecule has 0 aliphatic heterocycles. The Morgan fingerprint density at radius 2 is 1.91 bits per heavy atom. The molecule has 0 bridgehead atoms. The normalized spacial score (nSPS) is 11.6. The number of amides is 1. The molecule has 0 fully saturated rings. The molecule has 3 aromatic rings. The summed E-state index contributed by atoms with van der Waals surface area (Å²) in [5, 5.41) is 3.64. The van der Waals surface area contributed by atoms with E-state index in [2.05, 4.69) is 54.0 Å². The molecule has 3 rings (SSSR count). The summed E-state index contributed by atoms with van der Waals surface area (Å²) < 4.78 is 8.60. The largest absolute Gasteiger partial charge is 0.447 e. The van der Waals surface area contributed by atoms with Crippen molar-refractivity contribution in [3.8, 4) is 21.0 Å². The molecule has 0 atom stereocenters. The third-order valence-electron chi connectivity index (χ3n) is 4.24. The first-order chi connectivity index (χ1) is 15.1. The molecule has 8 heteroatoms. The van der Waals surface area contributed by atoms with Crippen molar-refractivity contribution in [1.82, 2.24) is 9.71 Å². The molecule has 1 aromatic heterocycles. The van der Waals surface area contributed by atoms with Gasteiger partial charge in [0.15, 0.2) is 0 Å². The number of carbonyl (C=O) groups excluding carboxylic acids is 1. The Bertz CT molecular complexity index is 1060. The van der Waals surface area contributed by atoms with Crippen LogP contribution in [0.3, 0.4) is 0 Å². The molecule has 6 nitrogen and oxygen atoms in total. The number of thiazole rings is 1. The second-order valence-corrected chi connectivity index (χ2v) is 10.6. The van der Waals surface area contributed by atoms with E-state index in [1.165, 1.54) is 0 Å². The van der Waals surface area contributed by atoms with Gasteiger partial charge in [0.05, 0.1) is 11.0 Å². The number of carbonyl (C=O) groups is 1. The Labute approximate surface area is 198 Å². The van der Waals surface area contributed by atoms with E-state index in [-0.39, 0.29) is 11.6 Å². The zero-order valence-electron chi connectivity index (χ0n) is 19.1. The maximum atomic E-state index is 11.8. The third kappa shape index (κ3) is 6.80. The van der Waals surface area contributed by atoms with Crippen molar-refractivity contribution in [3.63, 3.8) is 0 Å². The van der Waals surface area contributed by atoms with E-state index in [0.717, 1.165) is 31.5 Å². The minimum Gasteiger partial charge on any atom is -0.447 e. The second-order valence-electron chi connectivity index (χ2n) is 8.67. The molecule has 0 aliphatic carbocycles. The molecule has 0 unspecified atom stereocenters.